The number of ether oxygens (including phenoxy) is 1. The molecule has 150 valence electrons. The number of thioether (sulfide) groups is 1. The molecule has 3 aromatic rings. The monoisotopic (exact) mass is 433 g/mol. The minimum atomic E-state index is -4.56. The van der Waals surface area contributed by atoms with Gasteiger partial charge in [-0.1, -0.05) is 29.4 Å². The largest absolute Gasteiger partial charge is 0.461 e. The number of imidazole rings is 1. The van der Waals surface area contributed by atoms with Crippen molar-refractivity contribution in [3.8, 4) is 5.75 Å². The Kier molecular flexibility index (Phi) is 5.95. The van der Waals surface area contributed by atoms with E-state index in [1.807, 2.05) is 31.1 Å². The molecule has 0 aliphatic carbocycles. The second-order valence-corrected chi connectivity index (χ2v) is 7.48. The van der Waals surface area contributed by atoms with E-state index in [0.717, 1.165) is 11.3 Å². The van der Waals surface area contributed by atoms with E-state index in [4.69, 9.17) is 11.6 Å². The van der Waals surface area contributed by atoms with E-state index < -0.39 is 12.5 Å². The van der Waals surface area contributed by atoms with Crippen LogP contribution in [0.1, 0.15) is 5.56 Å². The number of aromatic nitrogens is 2. The van der Waals surface area contributed by atoms with E-state index in [2.05, 4.69) is 14.7 Å². The average Bonchev–Trinajstić information content (AvgIpc) is 3.02. The molecule has 2 aromatic carbocycles. The first-order chi connectivity index (χ1) is 13.2. The van der Waals surface area contributed by atoms with Crippen molar-refractivity contribution >= 4 is 40.1 Å². The van der Waals surface area contributed by atoms with Crippen molar-refractivity contribution in [3.05, 3.63) is 47.0 Å². The molecule has 1 N–H and O–H groups in total. The van der Waals surface area contributed by atoms with Crippen molar-refractivity contribution < 1.29 is 22.3 Å². The molecule has 0 atom stereocenters. The lowest BCUT2D eigenvalue weighted by atomic mass is 10.2. The maximum atomic E-state index is 13.1. The molecule has 0 amide bonds. The molecule has 0 bridgehead atoms. The molecule has 4 nitrogen and oxygen atoms in total. The first-order valence-corrected chi connectivity index (χ1v) is 9.46. The molecule has 0 saturated carbocycles. The van der Waals surface area contributed by atoms with Gasteiger partial charge in [-0.3, -0.25) is 0 Å². The maximum Gasteiger partial charge on any atom is 0.461 e. The maximum absolute atomic E-state index is 13.1. The summed E-state index contributed by atoms with van der Waals surface area (Å²) in [6.45, 7) is 0. The number of halogens is 5. The number of hydrogen-bond acceptors (Lipinski definition) is 4. The first-order valence-electron chi connectivity index (χ1n) is 8.09. The van der Waals surface area contributed by atoms with Crippen molar-refractivity contribution in [1.82, 2.24) is 9.97 Å². The summed E-state index contributed by atoms with van der Waals surface area (Å²) in [4.78, 5) is 9.29. The Bertz CT molecular complexity index is 981. The zero-order valence-corrected chi connectivity index (χ0v) is 16.4. The molecule has 1 heterocycles. The molecule has 28 heavy (non-hydrogen) atoms. The third-order valence-electron chi connectivity index (χ3n) is 3.87. The normalized spacial score (nSPS) is 12.0. The molecule has 0 aliphatic heterocycles. The Labute approximate surface area is 167 Å². The van der Waals surface area contributed by atoms with Crippen LogP contribution in [0, 0.1) is 0 Å². The Morgan fingerprint density at radius 2 is 2.00 bits per heavy atom. The summed E-state index contributed by atoms with van der Waals surface area (Å²) >= 11 is 7.69. The number of fused-ring (bicyclic) bond motifs is 1. The smallest absolute Gasteiger partial charge is 0.428 e. The van der Waals surface area contributed by atoms with Gasteiger partial charge in [-0.15, -0.1) is 0 Å². The highest BCUT2D eigenvalue weighted by molar-refractivity contribution is 7.98. The molecule has 0 saturated heterocycles. The number of rotatable bonds is 7. The van der Waals surface area contributed by atoms with Crippen molar-refractivity contribution in [1.29, 1.82) is 0 Å². The average molecular weight is 434 g/mol. The van der Waals surface area contributed by atoms with Crippen LogP contribution >= 0.6 is 23.4 Å². The topological polar surface area (TPSA) is 41.2 Å². The van der Waals surface area contributed by atoms with Gasteiger partial charge in [0.25, 0.3) is 0 Å². The van der Waals surface area contributed by atoms with Crippen molar-refractivity contribution in [2.75, 3.05) is 19.0 Å². The minimum Gasteiger partial charge on any atom is -0.428 e. The third-order valence-corrected chi connectivity index (χ3v) is 5.12. The molecule has 0 unspecified atom stereocenters. The van der Waals surface area contributed by atoms with E-state index in [1.165, 1.54) is 30.0 Å². The SMILES string of the molecule is CN(C)c1cccc(Cl)c1CSc1nc2ccc(OC(F)(F)C(F)F)cc2[nH]1. The highest BCUT2D eigenvalue weighted by Crippen LogP contribution is 2.34. The van der Waals surface area contributed by atoms with Gasteiger partial charge in [-0.05, 0) is 24.3 Å². The summed E-state index contributed by atoms with van der Waals surface area (Å²) in [7, 11) is 3.83. The van der Waals surface area contributed by atoms with Crippen LogP contribution in [-0.4, -0.2) is 36.6 Å². The Balaban J connectivity index is 1.79. The summed E-state index contributed by atoms with van der Waals surface area (Å²) < 4.78 is 54.8. The van der Waals surface area contributed by atoms with Crippen LogP contribution in [0.4, 0.5) is 23.2 Å². The van der Waals surface area contributed by atoms with Gasteiger partial charge in [0.15, 0.2) is 5.16 Å². The molecule has 3 rings (SSSR count). The van der Waals surface area contributed by atoms with E-state index in [-0.39, 0.29) is 5.75 Å². The number of alkyl halides is 4. The molecule has 1 aromatic heterocycles. The quantitative estimate of drug-likeness (QED) is 0.377. The summed E-state index contributed by atoms with van der Waals surface area (Å²) in [6, 6.07) is 9.43. The minimum absolute atomic E-state index is 0.376. The van der Waals surface area contributed by atoms with Crippen LogP contribution in [0.2, 0.25) is 5.02 Å². The second-order valence-electron chi connectivity index (χ2n) is 6.11. The molecule has 0 radical (unpaired) electrons. The highest BCUT2D eigenvalue weighted by atomic mass is 35.5. The molecule has 0 fully saturated rings. The number of nitrogens with one attached hydrogen (secondary N) is 1. The summed E-state index contributed by atoms with van der Waals surface area (Å²) in [5.41, 5.74) is 2.81. The van der Waals surface area contributed by atoms with Gasteiger partial charge >= 0.3 is 12.5 Å². The van der Waals surface area contributed by atoms with E-state index >= 15 is 0 Å². The second kappa shape index (κ2) is 8.08. The predicted octanol–water partition coefficient (Wildman–Crippen LogP) is 5.81. The highest BCUT2D eigenvalue weighted by Gasteiger charge is 2.44. The lowest BCUT2D eigenvalue weighted by Crippen LogP contribution is -2.33. The number of anilines is 1. The number of H-pyrrole nitrogens is 1. The predicted molar refractivity (Wildman–Crippen MR) is 103 cm³/mol. The van der Waals surface area contributed by atoms with Gasteiger partial charge in [0, 0.05) is 42.2 Å². The number of aromatic amines is 1. The Morgan fingerprint density at radius 1 is 1.25 bits per heavy atom. The Morgan fingerprint density at radius 3 is 2.68 bits per heavy atom. The van der Waals surface area contributed by atoms with E-state index in [0.29, 0.717) is 27.0 Å². The van der Waals surface area contributed by atoms with Gasteiger partial charge in [-0.25, -0.2) is 4.98 Å². The van der Waals surface area contributed by atoms with Gasteiger partial charge in [0.1, 0.15) is 5.75 Å². The fourth-order valence-corrected chi connectivity index (χ4v) is 3.79. The van der Waals surface area contributed by atoms with Gasteiger partial charge < -0.3 is 14.6 Å². The third kappa shape index (κ3) is 4.47. The van der Waals surface area contributed by atoms with Crippen LogP contribution in [-0.2, 0) is 5.75 Å². The van der Waals surface area contributed by atoms with Crippen LogP contribution in [0.25, 0.3) is 11.0 Å². The summed E-state index contributed by atoms with van der Waals surface area (Å²) in [5, 5.41) is 1.16. The summed E-state index contributed by atoms with van der Waals surface area (Å²) in [6.07, 6.45) is -8.48. The zero-order valence-electron chi connectivity index (χ0n) is 14.8. The molecular formula is C18H16ClF4N3OS. The van der Waals surface area contributed by atoms with E-state index in [1.54, 1.807) is 6.07 Å². The fourth-order valence-electron chi connectivity index (χ4n) is 2.55. The Hall–Kier alpha value is -2.13. The lowest BCUT2D eigenvalue weighted by Gasteiger charge is -2.18. The van der Waals surface area contributed by atoms with Crippen molar-refractivity contribution in [2.24, 2.45) is 0 Å². The summed E-state index contributed by atoms with van der Waals surface area (Å²) in [5.74, 6) is 0.152. The van der Waals surface area contributed by atoms with Crippen LogP contribution in [0.3, 0.4) is 0 Å². The zero-order chi connectivity index (χ0) is 20.5. The van der Waals surface area contributed by atoms with Crippen molar-refractivity contribution in [2.45, 2.75) is 23.4 Å². The molecule has 0 aliphatic rings. The van der Waals surface area contributed by atoms with Crippen LogP contribution < -0.4 is 9.64 Å². The van der Waals surface area contributed by atoms with E-state index in [9.17, 15) is 17.6 Å². The van der Waals surface area contributed by atoms with Crippen molar-refractivity contribution in [3.63, 3.8) is 0 Å². The molecule has 0 spiro atoms. The molecule has 10 heteroatoms. The number of benzene rings is 2. The van der Waals surface area contributed by atoms with Gasteiger partial charge in [0.2, 0.25) is 0 Å². The number of nitrogens with zero attached hydrogens (tertiary/aromatic N) is 2. The van der Waals surface area contributed by atoms with Gasteiger partial charge in [-0.2, -0.15) is 17.6 Å². The first kappa shape index (κ1) is 20.6. The van der Waals surface area contributed by atoms with Crippen LogP contribution in [0.15, 0.2) is 41.6 Å². The molecular weight excluding hydrogens is 418 g/mol. The van der Waals surface area contributed by atoms with Crippen LogP contribution in [0.5, 0.6) is 5.75 Å². The lowest BCUT2D eigenvalue weighted by molar-refractivity contribution is -0.253. The number of hydrogen-bond donors (Lipinski definition) is 1. The standard InChI is InChI=1S/C18H16ClF4N3OS/c1-26(2)15-5-3-4-12(19)11(15)9-28-17-24-13-7-6-10(8-14(13)25-17)27-18(22,23)16(20)21/h3-8,16H,9H2,1-2H3,(H,24,25). The van der Waals surface area contributed by atoms with Gasteiger partial charge in [0.05, 0.1) is 11.0 Å². The fraction of sp³-hybridized carbons (Fsp3) is 0.278.